The van der Waals surface area contributed by atoms with Crippen LogP contribution in [-0.2, 0) is 24.8 Å². The van der Waals surface area contributed by atoms with Crippen LogP contribution in [0.4, 0.5) is 5.82 Å². The highest BCUT2D eigenvalue weighted by molar-refractivity contribution is 7.17. The highest BCUT2D eigenvalue weighted by Gasteiger charge is 2.15. The lowest BCUT2D eigenvalue weighted by Crippen LogP contribution is -2.09. The minimum Gasteiger partial charge on any atom is -0.377 e. The molecule has 0 bridgehead atoms. The molecule has 0 saturated heterocycles. The molecule has 0 unspecified atom stereocenters. The highest BCUT2D eigenvalue weighted by atomic mass is 32.1. The summed E-state index contributed by atoms with van der Waals surface area (Å²) in [6.07, 6.45) is 3.52. The van der Waals surface area contributed by atoms with E-state index in [9.17, 15) is 0 Å². The number of nitrogens with one attached hydrogen (secondary N) is 1. The molecule has 1 N–H and O–H groups in total. The first-order valence-electron chi connectivity index (χ1n) is 9.15. The maximum atomic E-state index is 5.24. The summed E-state index contributed by atoms with van der Waals surface area (Å²) in [5.74, 6) is 2.53. The first kappa shape index (κ1) is 18.5. The van der Waals surface area contributed by atoms with E-state index in [0.717, 1.165) is 46.8 Å². The molecule has 0 spiro atoms. The molecule has 1 aromatic carbocycles. The molecule has 0 fully saturated rings. The summed E-state index contributed by atoms with van der Waals surface area (Å²) in [5.41, 5.74) is 2.32. The Morgan fingerprint density at radius 3 is 2.79 bits per heavy atom. The lowest BCUT2D eigenvalue weighted by atomic mass is 10.1. The fourth-order valence-electron chi connectivity index (χ4n) is 3.12. The zero-order valence-electron chi connectivity index (χ0n) is 15.9. The zero-order chi connectivity index (χ0) is 19.3. The van der Waals surface area contributed by atoms with E-state index in [4.69, 9.17) is 9.72 Å². The van der Waals surface area contributed by atoms with Crippen LogP contribution < -0.4 is 5.32 Å². The first-order chi connectivity index (χ1) is 13.8. The number of thiophene rings is 1. The van der Waals surface area contributed by atoms with Gasteiger partial charge in [0, 0.05) is 38.1 Å². The molecule has 3 aromatic heterocycles. The summed E-state index contributed by atoms with van der Waals surface area (Å²) in [7, 11) is 3.62. The number of hydrogen-bond acceptors (Lipinski definition) is 7. The molecule has 28 heavy (non-hydrogen) atoms. The Balaban J connectivity index is 1.60. The Bertz CT molecular complexity index is 1060. The summed E-state index contributed by atoms with van der Waals surface area (Å²) in [4.78, 5) is 10.4. The molecule has 0 radical (unpaired) electrons. The molecule has 144 valence electrons. The van der Waals surface area contributed by atoms with Crippen molar-refractivity contribution < 1.29 is 4.74 Å². The van der Waals surface area contributed by atoms with E-state index in [2.05, 4.69) is 38.0 Å². The van der Waals surface area contributed by atoms with Gasteiger partial charge in [-0.15, -0.1) is 21.5 Å². The molecular weight excluding hydrogens is 372 g/mol. The van der Waals surface area contributed by atoms with E-state index in [1.54, 1.807) is 24.8 Å². The standard InChI is InChI=1S/C20H22N6OS/c1-26-13-22-25-17(26)9-6-10-21-19-18-15(14-7-4-3-5-8-14)12-28-20(18)24-16(23-19)11-27-2/h3-5,7-8,12-13H,6,9-11H2,1-2H3,(H,21,23,24). The number of fused-ring (bicyclic) bond motifs is 1. The van der Waals surface area contributed by atoms with Crippen molar-refractivity contribution in [3.63, 3.8) is 0 Å². The van der Waals surface area contributed by atoms with Gasteiger partial charge >= 0.3 is 0 Å². The second-order valence-corrected chi connectivity index (χ2v) is 7.36. The quantitative estimate of drug-likeness (QED) is 0.459. The topological polar surface area (TPSA) is 77.8 Å². The molecule has 0 aliphatic carbocycles. The molecule has 0 atom stereocenters. The van der Waals surface area contributed by atoms with Crippen molar-refractivity contribution in [3.8, 4) is 11.1 Å². The predicted octanol–water partition coefficient (Wildman–Crippen LogP) is 3.68. The Kier molecular flexibility index (Phi) is 5.59. The molecule has 0 aliphatic rings. The zero-order valence-corrected chi connectivity index (χ0v) is 16.7. The van der Waals surface area contributed by atoms with Gasteiger partial charge in [0.25, 0.3) is 0 Å². The average molecular weight is 395 g/mol. The van der Waals surface area contributed by atoms with Crippen molar-refractivity contribution in [3.05, 3.63) is 53.7 Å². The Hall–Kier alpha value is -2.84. The van der Waals surface area contributed by atoms with E-state index in [-0.39, 0.29) is 0 Å². The monoisotopic (exact) mass is 394 g/mol. The number of nitrogens with zero attached hydrogens (tertiary/aromatic N) is 5. The van der Waals surface area contributed by atoms with Crippen molar-refractivity contribution in [2.45, 2.75) is 19.4 Å². The van der Waals surface area contributed by atoms with Gasteiger partial charge in [0.1, 0.15) is 29.4 Å². The van der Waals surface area contributed by atoms with Crippen LogP contribution >= 0.6 is 11.3 Å². The molecule has 7 nitrogen and oxygen atoms in total. The molecule has 4 aromatic rings. The van der Waals surface area contributed by atoms with Crippen molar-refractivity contribution in [1.82, 2.24) is 24.7 Å². The van der Waals surface area contributed by atoms with Gasteiger partial charge in [-0.1, -0.05) is 30.3 Å². The Morgan fingerprint density at radius 2 is 2.04 bits per heavy atom. The van der Waals surface area contributed by atoms with Gasteiger partial charge < -0.3 is 14.6 Å². The second kappa shape index (κ2) is 8.45. The maximum Gasteiger partial charge on any atom is 0.158 e. The number of benzene rings is 1. The van der Waals surface area contributed by atoms with Crippen LogP contribution in [0.15, 0.2) is 42.0 Å². The number of ether oxygens (including phenoxy) is 1. The third kappa shape index (κ3) is 3.88. The normalized spacial score (nSPS) is 11.2. The fraction of sp³-hybridized carbons (Fsp3) is 0.300. The van der Waals surface area contributed by atoms with Crippen LogP contribution in [0, 0.1) is 0 Å². The number of hydrogen-bond donors (Lipinski definition) is 1. The number of methoxy groups -OCH3 is 1. The minimum atomic E-state index is 0.391. The van der Waals surface area contributed by atoms with E-state index < -0.39 is 0 Å². The van der Waals surface area contributed by atoms with Gasteiger partial charge in [-0.25, -0.2) is 9.97 Å². The Labute approximate surface area is 167 Å². The minimum absolute atomic E-state index is 0.391. The van der Waals surface area contributed by atoms with Crippen LogP contribution in [0.25, 0.3) is 21.3 Å². The van der Waals surface area contributed by atoms with E-state index in [1.807, 2.05) is 29.8 Å². The van der Waals surface area contributed by atoms with Crippen molar-refractivity contribution in [2.24, 2.45) is 7.05 Å². The van der Waals surface area contributed by atoms with Gasteiger partial charge in [0.05, 0.1) is 5.39 Å². The average Bonchev–Trinajstić information content (AvgIpc) is 3.32. The molecule has 4 rings (SSSR count). The Morgan fingerprint density at radius 1 is 1.18 bits per heavy atom. The molecule has 8 heteroatoms. The maximum absolute atomic E-state index is 5.24. The largest absolute Gasteiger partial charge is 0.377 e. The molecule has 0 saturated carbocycles. The van der Waals surface area contributed by atoms with Gasteiger partial charge in [-0.3, -0.25) is 0 Å². The fourth-order valence-corrected chi connectivity index (χ4v) is 4.09. The molecule has 0 amide bonds. The predicted molar refractivity (Wildman–Crippen MR) is 111 cm³/mol. The summed E-state index contributed by atoms with van der Waals surface area (Å²) < 4.78 is 7.20. The van der Waals surface area contributed by atoms with Crippen molar-refractivity contribution >= 4 is 27.4 Å². The third-order valence-electron chi connectivity index (χ3n) is 4.51. The van der Waals surface area contributed by atoms with Crippen LogP contribution in [0.3, 0.4) is 0 Å². The molecule has 3 heterocycles. The summed E-state index contributed by atoms with van der Waals surface area (Å²) in [6.45, 7) is 1.18. The van der Waals surface area contributed by atoms with Crippen molar-refractivity contribution in [1.29, 1.82) is 0 Å². The van der Waals surface area contributed by atoms with E-state index in [1.165, 1.54) is 5.56 Å². The highest BCUT2D eigenvalue weighted by Crippen LogP contribution is 2.36. The number of aromatic nitrogens is 5. The van der Waals surface area contributed by atoms with Crippen molar-refractivity contribution in [2.75, 3.05) is 19.0 Å². The lowest BCUT2D eigenvalue weighted by Gasteiger charge is -2.10. The smallest absolute Gasteiger partial charge is 0.158 e. The summed E-state index contributed by atoms with van der Waals surface area (Å²) >= 11 is 1.63. The number of anilines is 1. The second-order valence-electron chi connectivity index (χ2n) is 6.51. The number of rotatable bonds is 8. The van der Waals surface area contributed by atoms with Crippen LogP contribution in [-0.4, -0.2) is 38.4 Å². The van der Waals surface area contributed by atoms with Gasteiger partial charge in [0.15, 0.2) is 5.82 Å². The van der Waals surface area contributed by atoms with Gasteiger partial charge in [-0.05, 0) is 12.0 Å². The van der Waals surface area contributed by atoms with E-state index in [0.29, 0.717) is 12.4 Å². The summed E-state index contributed by atoms with van der Waals surface area (Å²) in [5, 5.41) is 14.8. The lowest BCUT2D eigenvalue weighted by molar-refractivity contribution is 0.178. The van der Waals surface area contributed by atoms with Gasteiger partial charge in [0.2, 0.25) is 0 Å². The van der Waals surface area contributed by atoms with Gasteiger partial charge in [-0.2, -0.15) is 0 Å². The van der Waals surface area contributed by atoms with Crippen LogP contribution in [0.5, 0.6) is 0 Å². The molecule has 0 aliphatic heterocycles. The first-order valence-corrected chi connectivity index (χ1v) is 10.0. The number of aryl methyl sites for hydroxylation is 2. The SMILES string of the molecule is COCc1nc(NCCCc2nncn2C)c2c(-c3ccccc3)csc2n1. The summed E-state index contributed by atoms with van der Waals surface area (Å²) in [6, 6.07) is 10.3. The molecular formula is C20H22N6OS. The third-order valence-corrected chi connectivity index (χ3v) is 5.39. The van der Waals surface area contributed by atoms with E-state index >= 15 is 0 Å². The van der Waals surface area contributed by atoms with Crippen LogP contribution in [0.1, 0.15) is 18.1 Å². The van der Waals surface area contributed by atoms with Crippen LogP contribution in [0.2, 0.25) is 0 Å².